The van der Waals surface area contributed by atoms with Crippen LogP contribution in [0.15, 0.2) is 54.4 Å². The topological polar surface area (TPSA) is 55.4 Å². The van der Waals surface area contributed by atoms with Crippen molar-refractivity contribution >= 4 is 16.9 Å². The third-order valence-corrected chi connectivity index (χ3v) is 5.29. The van der Waals surface area contributed by atoms with Crippen LogP contribution < -0.4 is 0 Å². The quantitative estimate of drug-likeness (QED) is 0.590. The molecule has 1 aromatic carbocycles. The number of aryl methyl sites for hydroxylation is 1. The van der Waals surface area contributed by atoms with Crippen molar-refractivity contribution in [3.63, 3.8) is 0 Å². The average Bonchev–Trinajstić information content (AvgIpc) is 3.30. The van der Waals surface area contributed by atoms with Crippen molar-refractivity contribution in [1.29, 1.82) is 0 Å². The van der Waals surface area contributed by atoms with Gasteiger partial charge in [-0.25, -0.2) is 4.79 Å². The number of benzene rings is 1. The Hall–Kier alpha value is -2.75. The van der Waals surface area contributed by atoms with Gasteiger partial charge in [-0.1, -0.05) is 25.3 Å². The molecule has 2 heterocycles. The number of carboxylic acids is 1. The van der Waals surface area contributed by atoms with E-state index in [1.54, 1.807) is 24.7 Å². The Kier molecular flexibility index (Phi) is 5.31. The van der Waals surface area contributed by atoms with Crippen molar-refractivity contribution in [3.05, 3.63) is 61.1 Å². The lowest BCUT2D eigenvalue weighted by Crippen LogP contribution is -2.06. The van der Waals surface area contributed by atoms with Gasteiger partial charge in [0, 0.05) is 23.5 Å². The Morgan fingerprint density at radius 1 is 1.19 bits per heavy atom. The first kappa shape index (κ1) is 18.1. The second-order valence-corrected chi connectivity index (χ2v) is 6.71. The van der Waals surface area contributed by atoms with Crippen molar-refractivity contribution in [3.8, 4) is 11.3 Å². The van der Waals surface area contributed by atoms with Crippen molar-refractivity contribution < 1.29 is 14.3 Å². The highest BCUT2D eigenvalue weighted by molar-refractivity contribution is 5.98. The molecule has 0 bridgehead atoms. The van der Waals surface area contributed by atoms with Crippen LogP contribution in [0, 0.1) is 0 Å². The van der Waals surface area contributed by atoms with Crippen LogP contribution in [0.1, 0.15) is 53.9 Å². The molecule has 0 atom stereocenters. The van der Waals surface area contributed by atoms with Crippen molar-refractivity contribution in [2.45, 2.75) is 38.0 Å². The highest BCUT2D eigenvalue weighted by atomic mass is 16.4. The number of aromatic carboxylic acids is 1. The van der Waals surface area contributed by atoms with Crippen LogP contribution in [0.5, 0.6) is 0 Å². The first-order valence-electron chi connectivity index (χ1n) is 9.05. The third-order valence-electron chi connectivity index (χ3n) is 5.29. The van der Waals surface area contributed by atoms with Gasteiger partial charge in [0.05, 0.1) is 23.8 Å². The summed E-state index contributed by atoms with van der Waals surface area (Å²) in [6.45, 7) is 6.00. The minimum atomic E-state index is -0.887. The van der Waals surface area contributed by atoms with E-state index in [0.717, 1.165) is 16.8 Å². The molecule has 0 amide bonds. The van der Waals surface area contributed by atoms with Crippen LogP contribution in [0.2, 0.25) is 0 Å². The summed E-state index contributed by atoms with van der Waals surface area (Å²) in [5.41, 5.74) is 4.88. The zero-order valence-corrected chi connectivity index (χ0v) is 15.2. The predicted octanol–water partition coefficient (Wildman–Crippen LogP) is 5.99. The van der Waals surface area contributed by atoms with E-state index in [-0.39, 0.29) is 0 Å². The second kappa shape index (κ2) is 7.65. The fourth-order valence-corrected chi connectivity index (χ4v) is 4.15. The molecule has 1 saturated carbocycles. The van der Waals surface area contributed by atoms with Gasteiger partial charge < -0.3 is 14.1 Å². The molecule has 4 rings (SSSR count). The minimum absolute atomic E-state index is 0.331. The normalized spacial score (nSPS) is 14.8. The van der Waals surface area contributed by atoms with E-state index < -0.39 is 5.97 Å². The largest absolute Gasteiger partial charge is 0.478 e. The minimum Gasteiger partial charge on any atom is -0.478 e. The Morgan fingerprint density at radius 3 is 2.54 bits per heavy atom. The van der Waals surface area contributed by atoms with Crippen LogP contribution in [-0.2, 0) is 7.05 Å². The first-order valence-corrected chi connectivity index (χ1v) is 9.05. The van der Waals surface area contributed by atoms with E-state index in [2.05, 4.69) is 17.7 Å². The first-order chi connectivity index (χ1) is 12.7. The van der Waals surface area contributed by atoms with Crippen LogP contribution in [0.3, 0.4) is 0 Å². The Bertz CT molecular complexity index is 899. The Balaban J connectivity index is 0.000000948. The molecule has 0 spiro atoms. The van der Waals surface area contributed by atoms with E-state index in [4.69, 9.17) is 4.42 Å². The summed E-state index contributed by atoms with van der Waals surface area (Å²) in [5.74, 6) is -0.356. The van der Waals surface area contributed by atoms with Gasteiger partial charge in [0.25, 0.3) is 0 Å². The number of hydrogen-bond acceptors (Lipinski definition) is 2. The summed E-state index contributed by atoms with van der Waals surface area (Å²) in [6, 6.07) is 7.47. The van der Waals surface area contributed by atoms with E-state index in [1.807, 2.05) is 19.2 Å². The fourth-order valence-electron chi connectivity index (χ4n) is 4.15. The lowest BCUT2D eigenvalue weighted by atomic mass is 9.82. The molecule has 1 N–H and O–H groups in total. The molecule has 26 heavy (non-hydrogen) atoms. The molecule has 136 valence electrons. The molecule has 1 aliphatic carbocycles. The van der Waals surface area contributed by atoms with Crippen LogP contribution in [0.25, 0.3) is 22.2 Å². The molecule has 0 aliphatic heterocycles. The van der Waals surface area contributed by atoms with Crippen LogP contribution >= 0.6 is 0 Å². The number of carbonyl (C=O) groups is 1. The monoisotopic (exact) mass is 351 g/mol. The zero-order chi connectivity index (χ0) is 18.7. The van der Waals surface area contributed by atoms with Gasteiger partial charge >= 0.3 is 5.97 Å². The average molecular weight is 351 g/mol. The summed E-state index contributed by atoms with van der Waals surface area (Å²) in [6.07, 6.45) is 9.71. The Labute approximate surface area is 153 Å². The molecular formula is C22H25NO3. The predicted molar refractivity (Wildman–Crippen MR) is 105 cm³/mol. The van der Waals surface area contributed by atoms with Crippen molar-refractivity contribution in [2.24, 2.45) is 7.05 Å². The molecule has 1 fully saturated rings. The lowest BCUT2D eigenvalue weighted by molar-refractivity contribution is 0.0697. The molecule has 0 radical (unpaired) electrons. The lowest BCUT2D eigenvalue weighted by Gasteiger charge is -2.23. The van der Waals surface area contributed by atoms with E-state index in [0.29, 0.717) is 11.5 Å². The van der Waals surface area contributed by atoms with E-state index >= 15 is 0 Å². The molecule has 4 heteroatoms. The van der Waals surface area contributed by atoms with Gasteiger partial charge in [-0.05, 0) is 42.5 Å². The molecule has 3 aromatic rings. The third kappa shape index (κ3) is 3.07. The van der Waals surface area contributed by atoms with Crippen molar-refractivity contribution in [2.75, 3.05) is 0 Å². The van der Waals surface area contributed by atoms with E-state index in [1.165, 1.54) is 43.1 Å². The molecule has 0 unspecified atom stereocenters. The molecule has 2 aromatic heterocycles. The summed E-state index contributed by atoms with van der Waals surface area (Å²) in [4.78, 5) is 11.4. The summed E-state index contributed by atoms with van der Waals surface area (Å²) in [7, 11) is 2.02. The SMILES string of the molecule is C=C.Cn1c(-c2ccoc2)c(C2CCCCC2)c2ccc(C(=O)O)cc21. The summed E-state index contributed by atoms with van der Waals surface area (Å²) >= 11 is 0. The number of carboxylic acid groups (broad SMARTS) is 1. The summed E-state index contributed by atoms with van der Waals surface area (Å²) in [5, 5.41) is 10.5. The van der Waals surface area contributed by atoms with Crippen LogP contribution in [-0.4, -0.2) is 15.6 Å². The highest BCUT2D eigenvalue weighted by Crippen LogP contribution is 2.43. The van der Waals surface area contributed by atoms with Crippen LogP contribution in [0.4, 0.5) is 0 Å². The second-order valence-electron chi connectivity index (χ2n) is 6.71. The number of hydrogen-bond donors (Lipinski definition) is 1. The number of nitrogens with zero attached hydrogens (tertiary/aromatic N) is 1. The van der Waals surface area contributed by atoms with Crippen molar-refractivity contribution in [1.82, 2.24) is 4.57 Å². The maximum atomic E-state index is 11.4. The van der Waals surface area contributed by atoms with Gasteiger partial charge in [0.1, 0.15) is 0 Å². The number of fused-ring (bicyclic) bond motifs is 1. The highest BCUT2D eigenvalue weighted by Gasteiger charge is 2.26. The number of furan rings is 1. The van der Waals surface area contributed by atoms with Gasteiger partial charge in [-0.15, -0.1) is 13.2 Å². The zero-order valence-electron chi connectivity index (χ0n) is 15.2. The maximum absolute atomic E-state index is 11.4. The van der Waals surface area contributed by atoms with Gasteiger partial charge in [-0.2, -0.15) is 0 Å². The Morgan fingerprint density at radius 2 is 1.92 bits per heavy atom. The van der Waals surface area contributed by atoms with Gasteiger partial charge in [0.2, 0.25) is 0 Å². The van der Waals surface area contributed by atoms with E-state index in [9.17, 15) is 9.90 Å². The van der Waals surface area contributed by atoms with Gasteiger partial charge in [-0.3, -0.25) is 0 Å². The standard InChI is InChI=1S/C20H21NO3.C2H4/c1-21-17-11-14(20(22)23)7-8-16(17)18(13-5-3-2-4-6-13)19(21)15-9-10-24-12-15;1-2/h7-13H,2-6H2,1H3,(H,22,23);1-2H2. The maximum Gasteiger partial charge on any atom is 0.335 e. The molecule has 1 aliphatic rings. The molecule has 4 nitrogen and oxygen atoms in total. The number of rotatable bonds is 3. The molecular weight excluding hydrogens is 326 g/mol. The number of aromatic nitrogens is 1. The molecule has 0 saturated heterocycles. The smallest absolute Gasteiger partial charge is 0.335 e. The summed E-state index contributed by atoms with van der Waals surface area (Å²) < 4.78 is 7.44. The van der Waals surface area contributed by atoms with Gasteiger partial charge in [0.15, 0.2) is 0 Å². The fraction of sp³-hybridized carbons (Fsp3) is 0.318.